The van der Waals surface area contributed by atoms with Gasteiger partial charge in [0.05, 0.1) is 6.10 Å². The van der Waals surface area contributed by atoms with Crippen LogP contribution < -0.4 is 0 Å². The Labute approximate surface area is 246 Å². The van der Waals surface area contributed by atoms with Gasteiger partial charge in [-0.1, -0.05) is 0 Å². The summed E-state index contributed by atoms with van der Waals surface area (Å²) in [6.45, 7) is 8.42. The molecule has 0 saturated carbocycles. The summed E-state index contributed by atoms with van der Waals surface area (Å²) < 4.78 is 54.9. The van der Waals surface area contributed by atoms with Crippen LogP contribution in [0.4, 0.5) is 0 Å². The first-order chi connectivity index (χ1) is 20.0. The van der Waals surface area contributed by atoms with Gasteiger partial charge in [0.25, 0.3) is 0 Å². The van der Waals surface area contributed by atoms with E-state index in [2.05, 4.69) is 0 Å². The van der Waals surface area contributed by atoms with Crippen molar-refractivity contribution < 1.29 is 80.9 Å². The predicted molar refractivity (Wildman–Crippen MR) is 134 cm³/mol. The Kier molecular flexibility index (Phi) is 12.8. The van der Waals surface area contributed by atoms with E-state index in [9.17, 15) is 33.6 Å². The second-order valence-corrected chi connectivity index (χ2v) is 9.64. The number of hydrogen-bond acceptors (Lipinski definition) is 17. The fourth-order valence-corrected chi connectivity index (χ4v) is 4.51. The Morgan fingerprint density at radius 1 is 0.465 bits per heavy atom. The summed E-state index contributed by atoms with van der Waals surface area (Å²) in [4.78, 5) is 83.7. The van der Waals surface area contributed by atoms with Gasteiger partial charge in [-0.25, -0.2) is 0 Å². The monoisotopic (exact) mass is 620 g/mol. The molecule has 17 heteroatoms. The van der Waals surface area contributed by atoms with Gasteiger partial charge < -0.3 is 47.4 Å². The lowest BCUT2D eigenvalue weighted by Crippen LogP contribution is -2.66. The molecule has 0 bridgehead atoms. The van der Waals surface area contributed by atoms with Gasteiger partial charge in [-0.15, -0.1) is 0 Å². The lowest BCUT2D eigenvalue weighted by molar-refractivity contribution is -0.361. The third-order valence-corrected chi connectivity index (χ3v) is 5.85. The van der Waals surface area contributed by atoms with Crippen LogP contribution in [0, 0.1) is 0 Å². The van der Waals surface area contributed by atoms with E-state index in [1.165, 1.54) is 6.92 Å². The number of hydrogen-bond donors (Lipinski definition) is 0. The zero-order valence-electron chi connectivity index (χ0n) is 24.9. The van der Waals surface area contributed by atoms with Gasteiger partial charge in [0.2, 0.25) is 6.29 Å². The van der Waals surface area contributed by atoms with Crippen molar-refractivity contribution in [3.63, 3.8) is 0 Å². The molecule has 0 N–H and O–H groups in total. The SMILES string of the molecule is CC(=O)OC[C@H]1OC(OC(C)=O)[C@@H](O[C@@H]2O[C@@H](C)[C@H](OC(C)=O)[C@@H](OC(C)=O)[C@H]2OC(C)=O)[C@@H](OC(C)=O)[C@@H]1OC(C)=O. The van der Waals surface area contributed by atoms with Gasteiger partial charge >= 0.3 is 41.8 Å². The zero-order chi connectivity index (χ0) is 32.6. The second-order valence-electron chi connectivity index (χ2n) is 9.64. The number of carbonyl (C=O) groups is 7. The van der Waals surface area contributed by atoms with E-state index in [1.54, 1.807) is 0 Å². The molecule has 2 aliphatic heterocycles. The van der Waals surface area contributed by atoms with Gasteiger partial charge in [0.1, 0.15) is 12.7 Å². The molecule has 2 fully saturated rings. The Bertz CT molecular complexity index is 1070. The average Bonchev–Trinajstić information content (AvgIpc) is 2.84. The molecule has 0 aliphatic carbocycles. The molecular formula is C26H36O17. The van der Waals surface area contributed by atoms with E-state index in [-0.39, 0.29) is 0 Å². The van der Waals surface area contributed by atoms with E-state index in [0.29, 0.717) is 0 Å². The first kappa shape index (κ1) is 35.4. The minimum atomic E-state index is -1.70. The Balaban J connectivity index is 2.62. The van der Waals surface area contributed by atoms with Crippen LogP contribution in [0.3, 0.4) is 0 Å². The quantitative estimate of drug-likeness (QED) is 0.225. The first-order valence-electron chi connectivity index (χ1n) is 13.1. The highest BCUT2D eigenvalue weighted by Gasteiger charge is 2.57. The van der Waals surface area contributed by atoms with Crippen LogP contribution >= 0.6 is 0 Å². The Hall–Kier alpha value is -3.83. The summed E-state index contributed by atoms with van der Waals surface area (Å²) in [7, 11) is 0. The van der Waals surface area contributed by atoms with Crippen LogP contribution in [0.25, 0.3) is 0 Å². The maximum Gasteiger partial charge on any atom is 0.305 e. The van der Waals surface area contributed by atoms with Crippen LogP contribution in [0.15, 0.2) is 0 Å². The molecule has 0 aromatic carbocycles. The van der Waals surface area contributed by atoms with Crippen molar-refractivity contribution in [3.8, 4) is 0 Å². The summed E-state index contributed by atoms with van der Waals surface area (Å²) >= 11 is 0. The highest BCUT2D eigenvalue weighted by molar-refractivity contribution is 5.69. The molecule has 2 heterocycles. The van der Waals surface area contributed by atoms with E-state index < -0.39 is 110 Å². The minimum Gasteiger partial charge on any atom is -0.463 e. The lowest BCUT2D eigenvalue weighted by atomic mass is 9.96. The van der Waals surface area contributed by atoms with Crippen LogP contribution in [0.5, 0.6) is 0 Å². The van der Waals surface area contributed by atoms with Crippen molar-refractivity contribution >= 4 is 41.8 Å². The highest BCUT2D eigenvalue weighted by Crippen LogP contribution is 2.35. The zero-order valence-corrected chi connectivity index (χ0v) is 24.9. The minimum absolute atomic E-state index is 0.513. The molecule has 10 atom stereocenters. The van der Waals surface area contributed by atoms with Crippen molar-refractivity contribution in [3.05, 3.63) is 0 Å². The molecule has 2 rings (SSSR count). The summed E-state index contributed by atoms with van der Waals surface area (Å²) in [6.07, 6.45) is -14.8. The van der Waals surface area contributed by atoms with Crippen LogP contribution in [0.1, 0.15) is 55.4 Å². The Morgan fingerprint density at radius 3 is 1.35 bits per heavy atom. The van der Waals surface area contributed by atoms with E-state index in [0.717, 1.165) is 48.5 Å². The molecule has 17 nitrogen and oxygen atoms in total. The van der Waals surface area contributed by atoms with Gasteiger partial charge in [0.15, 0.2) is 42.9 Å². The maximum absolute atomic E-state index is 12.2. The topological polar surface area (TPSA) is 212 Å². The summed E-state index contributed by atoms with van der Waals surface area (Å²) in [5.41, 5.74) is 0. The van der Waals surface area contributed by atoms with Gasteiger partial charge in [-0.3, -0.25) is 33.6 Å². The molecular weight excluding hydrogens is 584 g/mol. The Morgan fingerprint density at radius 2 is 0.884 bits per heavy atom. The second kappa shape index (κ2) is 15.6. The smallest absolute Gasteiger partial charge is 0.305 e. The summed E-state index contributed by atoms with van der Waals surface area (Å²) in [6, 6.07) is 0. The first-order valence-corrected chi connectivity index (χ1v) is 13.1. The third kappa shape index (κ3) is 10.4. The lowest BCUT2D eigenvalue weighted by Gasteiger charge is -2.48. The fourth-order valence-electron chi connectivity index (χ4n) is 4.51. The van der Waals surface area contributed by atoms with Crippen LogP contribution in [0.2, 0.25) is 0 Å². The molecule has 0 amide bonds. The number of rotatable bonds is 10. The molecule has 0 aromatic heterocycles. The van der Waals surface area contributed by atoms with Gasteiger partial charge in [-0.2, -0.15) is 0 Å². The highest BCUT2D eigenvalue weighted by atomic mass is 16.8. The molecule has 2 saturated heterocycles. The molecule has 0 spiro atoms. The number of carbonyl (C=O) groups excluding carboxylic acids is 7. The third-order valence-electron chi connectivity index (χ3n) is 5.85. The standard InChI is InChI=1S/C26H36O17/c1-10-19(36-12(3)28)21(38-14(5)30)23(40-16(7)32)25(35-10)43-24-22(39-15(6)31)20(37-13(4)29)18(9-34-11(2)27)42-26(24)41-17(8)33/h10,18-26H,9H2,1-8H3/t10-,18+,19-,20+,21+,22-,23+,24-,25-,26?/m0/s1. The van der Waals surface area contributed by atoms with Crippen molar-refractivity contribution in [2.45, 2.75) is 117 Å². The van der Waals surface area contributed by atoms with Gasteiger partial charge in [0, 0.05) is 48.5 Å². The van der Waals surface area contributed by atoms with Crippen molar-refractivity contribution in [1.29, 1.82) is 0 Å². The van der Waals surface area contributed by atoms with E-state index >= 15 is 0 Å². The fraction of sp³-hybridized carbons (Fsp3) is 0.731. The average molecular weight is 621 g/mol. The predicted octanol–water partition coefficient (Wildman–Crippen LogP) is -0.374. The largest absolute Gasteiger partial charge is 0.463 e. The normalized spacial score (nSPS) is 31.9. The number of ether oxygens (including phenoxy) is 10. The van der Waals surface area contributed by atoms with Crippen molar-refractivity contribution in [2.75, 3.05) is 6.61 Å². The maximum atomic E-state index is 12.2. The molecule has 0 radical (unpaired) electrons. The van der Waals surface area contributed by atoms with Crippen molar-refractivity contribution in [1.82, 2.24) is 0 Å². The molecule has 0 aromatic rings. The number of esters is 7. The molecule has 242 valence electrons. The molecule has 2 aliphatic rings. The summed E-state index contributed by atoms with van der Waals surface area (Å²) in [5, 5.41) is 0. The van der Waals surface area contributed by atoms with Crippen LogP contribution in [-0.2, 0) is 80.9 Å². The molecule has 1 unspecified atom stereocenters. The summed E-state index contributed by atoms with van der Waals surface area (Å²) in [5.74, 6) is -5.78. The van der Waals surface area contributed by atoms with Crippen LogP contribution in [-0.4, -0.2) is 110 Å². The van der Waals surface area contributed by atoms with Gasteiger partial charge in [-0.05, 0) is 6.92 Å². The van der Waals surface area contributed by atoms with E-state index in [1.807, 2.05) is 0 Å². The van der Waals surface area contributed by atoms with Crippen molar-refractivity contribution in [2.24, 2.45) is 0 Å². The molecule has 43 heavy (non-hydrogen) atoms. The van der Waals surface area contributed by atoms with E-state index in [4.69, 9.17) is 47.4 Å².